The summed E-state index contributed by atoms with van der Waals surface area (Å²) in [4.78, 5) is 9.30. The smallest absolute Gasteiger partial charge is 0.153 e. The molecule has 3 rings (SSSR count). The third-order valence-corrected chi connectivity index (χ3v) is 4.29. The standard InChI is InChI=1S/C16H24N4O/c1-18(2)11-13-6-9-19(10-7-13)16-14(12-21)20-8-4-3-5-15(20)17-16/h3-5,8,13,21H,6-7,9-12H2,1-2H3. The van der Waals surface area contributed by atoms with Gasteiger partial charge in [0.2, 0.25) is 0 Å². The van der Waals surface area contributed by atoms with Crippen molar-refractivity contribution in [2.75, 3.05) is 38.6 Å². The van der Waals surface area contributed by atoms with Crippen LogP contribution >= 0.6 is 0 Å². The highest BCUT2D eigenvalue weighted by Crippen LogP contribution is 2.27. The van der Waals surface area contributed by atoms with Crippen molar-refractivity contribution >= 4 is 11.5 Å². The van der Waals surface area contributed by atoms with Crippen LogP contribution in [0.3, 0.4) is 0 Å². The number of aromatic nitrogens is 2. The molecule has 0 radical (unpaired) electrons. The van der Waals surface area contributed by atoms with Gasteiger partial charge in [0.1, 0.15) is 5.65 Å². The Balaban J connectivity index is 1.79. The fourth-order valence-corrected chi connectivity index (χ4v) is 3.28. The Morgan fingerprint density at radius 2 is 2.05 bits per heavy atom. The molecule has 1 aliphatic heterocycles. The van der Waals surface area contributed by atoms with Crippen LogP contribution in [0.1, 0.15) is 18.5 Å². The van der Waals surface area contributed by atoms with Gasteiger partial charge in [-0.3, -0.25) is 4.40 Å². The number of hydrogen-bond donors (Lipinski definition) is 1. The SMILES string of the molecule is CN(C)CC1CCN(c2nc3ccccn3c2CO)CC1. The zero-order valence-electron chi connectivity index (χ0n) is 12.9. The Labute approximate surface area is 125 Å². The molecular formula is C16H24N4O. The molecule has 1 aliphatic rings. The van der Waals surface area contributed by atoms with Crippen molar-refractivity contribution in [3.05, 3.63) is 30.1 Å². The normalized spacial score (nSPS) is 17.0. The van der Waals surface area contributed by atoms with E-state index < -0.39 is 0 Å². The van der Waals surface area contributed by atoms with E-state index >= 15 is 0 Å². The highest BCUT2D eigenvalue weighted by Gasteiger charge is 2.24. The maximum atomic E-state index is 9.71. The van der Waals surface area contributed by atoms with Crippen molar-refractivity contribution in [2.45, 2.75) is 19.4 Å². The molecule has 114 valence electrons. The zero-order chi connectivity index (χ0) is 14.8. The highest BCUT2D eigenvalue weighted by molar-refractivity contribution is 5.56. The molecule has 1 fully saturated rings. The summed E-state index contributed by atoms with van der Waals surface area (Å²) < 4.78 is 1.99. The van der Waals surface area contributed by atoms with Gasteiger partial charge < -0.3 is 14.9 Å². The largest absolute Gasteiger partial charge is 0.390 e. The van der Waals surface area contributed by atoms with E-state index in [-0.39, 0.29) is 6.61 Å². The monoisotopic (exact) mass is 288 g/mol. The number of piperidine rings is 1. The van der Waals surface area contributed by atoms with Gasteiger partial charge in [-0.1, -0.05) is 6.07 Å². The average Bonchev–Trinajstić information content (AvgIpc) is 2.86. The van der Waals surface area contributed by atoms with Crippen molar-refractivity contribution in [1.82, 2.24) is 14.3 Å². The molecular weight excluding hydrogens is 264 g/mol. The predicted molar refractivity (Wildman–Crippen MR) is 84.6 cm³/mol. The van der Waals surface area contributed by atoms with Crippen LogP contribution in [0.15, 0.2) is 24.4 Å². The van der Waals surface area contributed by atoms with E-state index in [0.717, 1.165) is 42.7 Å². The van der Waals surface area contributed by atoms with Gasteiger partial charge in [-0.2, -0.15) is 0 Å². The number of aliphatic hydroxyl groups excluding tert-OH is 1. The lowest BCUT2D eigenvalue weighted by Gasteiger charge is -2.33. The minimum absolute atomic E-state index is 0.0259. The molecule has 0 aliphatic carbocycles. The lowest BCUT2D eigenvalue weighted by atomic mass is 9.96. The molecule has 5 heteroatoms. The maximum absolute atomic E-state index is 9.71. The first-order valence-corrected chi connectivity index (χ1v) is 7.65. The topological polar surface area (TPSA) is 44.0 Å². The van der Waals surface area contributed by atoms with Crippen LogP contribution in [0.5, 0.6) is 0 Å². The van der Waals surface area contributed by atoms with Crippen LogP contribution in [0.4, 0.5) is 5.82 Å². The van der Waals surface area contributed by atoms with Crippen molar-refractivity contribution in [3.8, 4) is 0 Å². The number of nitrogens with zero attached hydrogens (tertiary/aromatic N) is 4. The molecule has 5 nitrogen and oxygen atoms in total. The van der Waals surface area contributed by atoms with Crippen LogP contribution in [-0.4, -0.2) is 53.1 Å². The molecule has 0 bridgehead atoms. The minimum Gasteiger partial charge on any atom is -0.390 e. The minimum atomic E-state index is 0.0259. The molecule has 0 aromatic carbocycles. The van der Waals surface area contributed by atoms with Gasteiger partial charge in [-0.15, -0.1) is 0 Å². The Morgan fingerprint density at radius 3 is 2.71 bits per heavy atom. The van der Waals surface area contributed by atoms with E-state index in [1.165, 1.54) is 12.8 Å². The molecule has 3 heterocycles. The third kappa shape index (κ3) is 2.89. The van der Waals surface area contributed by atoms with E-state index in [0.29, 0.717) is 0 Å². The molecule has 2 aromatic heterocycles. The van der Waals surface area contributed by atoms with Crippen molar-refractivity contribution in [2.24, 2.45) is 5.92 Å². The molecule has 0 saturated carbocycles. The predicted octanol–water partition coefficient (Wildman–Crippen LogP) is 1.60. The van der Waals surface area contributed by atoms with Gasteiger partial charge in [0.05, 0.1) is 12.3 Å². The molecule has 0 atom stereocenters. The van der Waals surface area contributed by atoms with Crippen molar-refractivity contribution in [1.29, 1.82) is 0 Å². The van der Waals surface area contributed by atoms with E-state index in [1.54, 1.807) is 0 Å². The molecule has 0 unspecified atom stereocenters. The fraction of sp³-hybridized carbons (Fsp3) is 0.562. The van der Waals surface area contributed by atoms with Crippen LogP contribution < -0.4 is 4.90 Å². The van der Waals surface area contributed by atoms with E-state index in [1.807, 2.05) is 28.8 Å². The summed E-state index contributed by atoms with van der Waals surface area (Å²) in [5, 5.41) is 9.71. The van der Waals surface area contributed by atoms with Gasteiger partial charge in [0, 0.05) is 25.8 Å². The summed E-state index contributed by atoms with van der Waals surface area (Å²) in [6, 6.07) is 5.94. The number of aliphatic hydroxyl groups is 1. The van der Waals surface area contributed by atoms with Crippen LogP contribution in [0.25, 0.3) is 5.65 Å². The average molecular weight is 288 g/mol. The first-order valence-electron chi connectivity index (χ1n) is 7.65. The Kier molecular flexibility index (Phi) is 4.12. The quantitative estimate of drug-likeness (QED) is 0.928. The Hall–Kier alpha value is -1.59. The second-order valence-corrected chi connectivity index (χ2v) is 6.16. The third-order valence-electron chi connectivity index (χ3n) is 4.29. The number of pyridine rings is 1. The molecule has 1 saturated heterocycles. The second-order valence-electron chi connectivity index (χ2n) is 6.16. The summed E-state index contributed by atoms with van der Waals surface area (Å²) >= 11 is 0. The molecule has 2 aromatic rings. The van der Waals surface area contributed by atoms with E-state index in [4.69, 9.17) is 4.98 Å². The summed E-state index contributed by atoms with van der Waals surface area (Å²) in [5.74, 6) is 1.72. The summed E-state index contributed by atoms with van der Waals surface area (Å²) in [6.45, 7) is 3.23. The van der Waals surface area contributed by atoms with Crippen molar-refractivity contribution < 1.29 is 5.11 Å². The molecule has 1 N–H and O–H groups in total. The number of hydrogen-bond acceptors (Lipinski definition) is 4. The lowest BCUT2D eigenvalue weighted by Crippen LogP contribution is -2.37. The Morgan fingerprint density at radius 1 is 1.29 bits per heavy atom. The Bertz CT molecular complexity index is 599. The van der Waals surface area contributed by atoms with Crippen molar-refractivity contribution in [3.63, 3.8) is 0 Å². The summed E-state index contributed by atoms with van der Waals surface area (Å²) in [5.41, 5.74) is 1.81. The van der Waals surface area contributed by atoms with Gasteiger partial charge in [0.15, 0.2) is 5.82 Å². The van der Waals surface area contributed by atoms with E-state index in [2.05, 4.69) is 23.9 Å². The first-order chi connectivity index (χ1) is 10.2. The summed E-state index contributed by atoms with van der Waals surface area (Å²) in [7, 11) is 4.27. The van der Waals surface area contributed by atoms with Gasteiger partial charge in [-0.25, -0.2) is 4.98 Å². The number of rotatable bonds is 4. The molecule has 0 spiro atoms. The number of anilines is 1. The highest BCUT2D eigenvalue weighted by atomic mass is 16.3. The molecule has 21 heavy (non-hydrogen) atoms. The molecule has 0 amide bonds. The van der Waals surface area contributed by atoms with Gasteiger partial charge in [0.25, 0.3) is 0 Å². The first kappa shape index (κ1) is 14.4. The fourth-order valence-electron chi connectivity index (χ4n) is 3.28. The lowest BCUT2D eigenvalue weighted by molar-refractivity contribution is 0.272. The number of fused-ring (bicyclic) bond motifs is 1. The maximum Gasteiger partial charge on any atom is 0.153 e. The van der Waals surface area contributed by atoms with Crippen LogP contribution in [0.2, 0.25) is 0 Å². The van der Waals surface area contributed by atoms with Gasteiger partial charge >= 0.3 is 0 Å². The zero-order valence-corrected chi connectivity index (χ0v) is 12.9. The van der Waals surface area contributed by atoms with Crippen LogP contribution in [0, 0.1) is 5.92 Å². The van der Waals surface area contributed by atoms with E-state index in [9.17, 15) is 5.11 Å². The second kappa shape index (κ2) is 6.03. The van der Waals surface area contributed by atoms with Gasteiger partial charge in [-0.05, 0) is 45.0 Å². The van der Waals surface area contributed by atoms with Crippen LogP contribution in [-0.2, 0) is 6.61 Å². The summed E-state index contributed by atoms with van der Waals surface area (Å²) in [6.07, 6.45) is 4.35. The number of imidazole rings is 1.